The molecular formula is C47H41F2N17O4. The number of Topliss-reactive ketones (excluding diaryl/α,β-unsaturated/α-hetero) is 2. The molecule has 2 aromatic carbocycles. The second kappa shape index (κ2) is 19.5. The van der Waals surface area contributed by atoms with Gasteiger partial charge in [-0.25, -0.2) is 28.1 Å². The van der Waals surface area contributed by atoms with Crippen LogP contribution in [0.15, 0.2) is 115 Å². The molecule has 21 nitrogen and oxygen atoms in total. The van der Waals surface area contributed by atoms with Gasteiger partial charge in [0.2, 0.25) is 6.19 Å². The van der Waals surface area contributed by atoms with Gasteiger partial charge in [-0.3, -0.25) is 24.6 Å². The Hall–Kier alpha value is -9.33. The molecule has 10 rings (SSSR count). The number of piperazine rings is 2. The largest absolute Gasteiger partial charge is 0.357 e. The second-order valence-electron chi connectivity index (χ2n) is 16.3. The molecule has 0 spiro atoms. The summed E-state index contributed by atoms with van der Waals surface area (Å²) in [6, 6.07) is 18.0. The lowest BCUT2D eigenvalue weighted by atomic mass is 10.1. The van der Waals surface area contributed by atoms with Crippen molar-refractivity contribution >= 4 is 56.9 Å². The summed E-state index contributed by atoms with van der Waals surface area (Å²) in [5.74, 6) is -3.13. The zero-order valence-electron chi connectivity index (χ0n) is 37.4. The summed E-state index contributed by atoms with van der Waals surface area (Å²) in [6.45, 7) is 5.73. The number of nitrogens with one attached hydrogen (secondary N) is 3. The van der Waals surface area contributed by atoms with Crippen molar-refractivity contribution in [2.75, 3.05) is 39.3 Å². The number of fused-ring (bicyclic) bond motifs is 2. The van der Waals surface area contributed by atoms with Gasteiger partial charge in [-0.05, 0) is 13.8 Å². The van der Waals surface area contributed by atoms with Gasteiger partial charge in [0.1, 0.15) is 11.7 Å². The van der Waals surface area contributed by atoms with Crippen LogP contribution in [0.1, 0.15) is 45.7 Å². The Morgan fingerprint density at radius 2 is 1.14 bits per heavy atom. The molecule has 23 heteroatoms. The number of pyridine rings is 2. The number of aromatic amines is 2. The maximum absolute atomic E-state index is 14.8. The normalized spacial score (nSPS) is 16.2. The lowest BCUT2D eigenvalue weighted by Crippen LogP contribution is -2.57. The number of aliphatic imine (C=N–C) groups is 1. The van der Waals surface area contributed by atoms with Gasteiger partial charge in [-0.1, -0.05) is 71.1 Å². The number of H-pyrrole nitrogens is 2. The van der Waals surface area contributed by atoms with Crippen molar-refractivity contribution < 1.29 is 28.0 Å². The van der Waals surface area contributed by atoms with Gasteiger partial charge in [0, 0.05) is 74.9 Å². The van der Waals surface area contributed by atoms with Crippen molar-refractivity contribution in [3.63, 3.8) is 0 Å². The minimum Gasteiger partial charge on any atom is -0.357 e. The fraction of sp³-hybridized carbons (Fsp3) is 0.213. The van der Waals surface area contributed by atoms with E-state index in [0.29, 0.717) is 37.9 Å². The van der Waals surface area contributed by atoms with Crippen LogP contribution in [-0.4, -0.2) is 156 Å². The van der Waals surface area contributed by atoms with E-state index in [9.17, 15) is 33.2 Å². The Balaban J connectivity index is 0.000000174. The van der Waals surface area contributed by atoms with Gasteiger partial charge in [0.05, 0.1) is 70.1 Å². The Kier molecular flexibility index (Phi) is 12.8. The number of nitrogens with zero attached hydrogens (tertiary/aromatic N) is 14. The number of amides is 2. The van der Waals surface area contributed by atoms with Crippen LogP contribution in [0, 0.1) is 28.5 Å². The van der Waals surface area contributed by atoms with Crippen molar-refractivity contribution in [2.45, 2.75) is 25.9 Å². The number of ketones is 2. The first kappa shape index (κ1) is 45.8. The van der Waals surface area contributed by atoms with Crippen molar-refractivity contribution in [3.8, 4) is 17.8 Å². The van der Waals surface area contributed by atoms with E-state index in [-0.39, 0.29) is 69.7 Å². The highest BCUT2D eigenvalue weighted by Gasteiger charge is 2.36. The highest BCUT2D eigenvalue weighted by Crippen LogP contribution is 2.29. The fourth-order valence-corrected chi connectivity index (χ4v) is 8.67. The molecule has 6 aromatic heterocycles. The first-order valence-corrected chi connectivity index (χ1v) is 21.9. The predicted octanol–water partition coefficient (Wildman–Crippen LogP) is 3.95. The quantitative estimate of drug-likeness (QED) is 0.0642. The highest BCUT2D eigenvalue weighted by molar-refractivity contribution is 6.45. The summed E-state index contributed by atoms with van der Waals surface area (Å²) < 4.78 is 32.2. The molecule has 2 amide bonds. The third-order valence-electron chi connectivity index (χ3n) is 12.1. The molecule has 8 heterocycles. The van der Waals surface area contributed by atoms with Gasteiger partial charge in [-0.2, -0.15) is 10.3 Å². The SMILES string of the molecule is C[C@@H]1CN(C(=N)c2ccccc2)CCN1C(=O)C(=O)c1c[nH]c2c(-n3ccnn3)ncc(F)c12.C[C@@H]1CN(C(=NC#N)c2ccccc2)CCN1C(=O)C(=O)c1c[nH]c2c(-n3ccnn3)ncc(F)c12. The first-order chi connectivity index (χ1) is 33.9. The van der Waals surface area contributed by atoms with E-state index >= 15 is 0 Å². The molecule has 2 saturated heterocycles. The number of amidine groups is 2. The molecule has 0 radical (unpaired) electrons. The minimum atomic E-state index is -0.829. The average Bonchev–Trinajstić information content (AvgIpc) is 4.25. The van der Waals surface area contributed by atoms with E-state index in [1.54, 1.807) is 6.20 Å². The molecule has 2 aliphatic heterocycles. The molecule has 3 N–H and O–H groups in total. The highest BCUT2D eigenvalue weighted by atomic mass is 19.1. The zero-order valence-corrected chi connectivity index (χ0v) is 37.4. The summed E-state index contributed by atoms with van der Waals surface area (Å²) in [6.07, 6.45) is 12.4. The average molecular weight is 946 g/mol. The third-order valence-corrected chi connectivity index (χ3v) is 12.1. The minimum absolute atomic E-state index is 0.0176. The van der Waals surface area contributed by atoms with Crippen LogP contribution in [0.4, 0.5) is 8.78 Å². The molecule has 0 aliphatic carbocycles. The van der Waals surface area contributed by atoms with Gasteiger partial charge >= 0.3 is 0 Å². The van der Waals surface area contributed by atoms with Crippen molar-refractivity contribution in [2.24, 2.45) is 4.99 Å². The van der Waals surface area contributed by atoms with Crippen molar-refractivity contribution in [3.05, 3.63) is 144 Å². The monoisotopic (exact) mass is 945 g/mol. The van der Waals surface area contributed by atoms with Crippen molar-refractivity contribution in [1.29, 1.82) is 10.7 Å². The number of benzene rings is 2. The van der Waals surface area contributed by atoms with Crippen molar-refractivity contribution in [1.82, 2.24) is 69.5 Å². The van der Waals surface area contributed by atoms with E-state index in [0.717, 1.165) is 23.5 Å². The lowest BCUT2D eigenvalue weighted by molar-refractivity contribution is -0.130. The molecule has 2 aliphatic rings. The standard InChI is InChI=1S/C24H20FN9O2.C23H21FN8O2/c1-15-13-32(22(29-14-26)16-5-3-2-4-6-16)9-10-33(15)24(36)21(35)17-11-27-20-19(17)18(25)12-28-23(20)34-8-7-30-31-34;1-14-13-30(21(25)15-5-3-2-4-6-15)9-10-31(14)23(34)20(33)16-11-26-19-18(16)17(24)12-27-22(19)32-8-7-28-29-32/h2-8,11-12,15,27H,9-10,13H2,1H3;2-8,11-12,14,25-26H,9-10,13H2,1H3/t15-;14-/m11/s1. The smallest absolute Gasteiger partial charge is 0.295 e. The molecule has 0 unspecified atom stereocenters. The summed E-state index contributed by atoms with van der Waals surface area (Å²) in [7, 11) is 0. The third kappa shape index (κ3) is 8.71. The Bertz CT molecular complexity index is 3330. The molecule has 352 valence electrons. The number of nitriles is 1. The van der Waals surface area contributed by atoms with Gasteiger partial charge in [-0.15, -0.1) is 10.2 Å². The summed E-state index contributed by atoms with van der Waals surface area (Å²) in [4.78, 5) is 77.3. The molecular weight excluding hydrogens is 905 g/mol. The maximum atomic E-state index is 14.8. The summed E-state index contributed by atoms with van der Waals surface area (Å²) >= 11 is 0. The number of halogens is 2. The van der Waals surface area contributed by atoms with Crippen LogP contribution in [0.25, 0.3) is 33.4 Å². The lowest BCUT2D eigenvalue weighted by Gasteiger charge is -2.40. The van der Waals surface area contributed by atoms with Crippen LogP contribution in [0.2, 0.25) is 0 Å². The summed E-state index contributed by atoms with van der Waals surface area (Å²) in [5, 5.41) is 32.8. The molecule has 70 heavy (non-hydrogen) atoms. The Labute approximate surface area is 396 Å². The number of hydrogen-bond donors (Lipinski definition) is 3. The van der Waals surface area contributed by atoms with Gasteiger partial charge in [0.15, 0.2) is 23.3 Å². The van der Waals surface area contributed by atoms with Crippen LogP contribution in [0.5, 0.6) is 0 Å². The van der Waals surface area contributed by atoms with Gasteiger partial charge < -0.3 is 29.6 Å². The van der Waals surface area contributed by atoms with Gasteiger partial charge in [0.25, 0.3) is 23.4 Å². The predicted molar refractivity (Wildman–Crippen MR) is 248 cm³/mol. The summed E-state index contributed by atoms with van der Waals surface area (Å²) in [5.41, 5.74) is 1.91. The number of carbonyl (C=O) groups excluding carboxylic acids is 4. The van der Waals surface area contributed by atoms with E-state index < -0.39 is 35.0 Å². The van der Waals surface area contributed by atoms with Crippen LogP contribution < -0.4 is 0 Å². The Morgan fingerprint density at radius 1 is 0.686 bits per heavy atom. The molecule has 8 aromatic rings. The maximum Gasteiger partial charge on any atom is 0.295 e. The number of carbonyl (C=O) groups is 4. The van der Waals surface area contributed by atoms with Crippen LogP contribution in [0.3, 0.4) is 0 Å². The zero-order chi connectivity index (χ0) is 49.1. The number of rotatable bonds is 8. The Morgan fingerprint density at radius 3 is 1.59 bits per heavy atom. The topological polar surface area (TPSA) is 260 Å². The second-order valence-corrected chi connectivity index (χ2v) is 16.3. The van der Waals surface area contributed by atoms with Crippen LogP contribution >= 0.6 is 0 Å². The fourth-order valence-electron chi connectivity index (χ4n) is 8.67. The van der Waals surface area contributed by atoms with E-state index in [2.05, 4.69) is 45.6 Å². The van der Waals surface area contributed by atoms with E-state index in [4.69, 9.17) is 5.41 Å². The first-order valence-electron chi connectivity index (χ1n) is 21.9. The van der Waals surface area contributed by atoms with Crippen LogP contribution in [-0.2, 0) is 9.59 Å². The number of hydrogen-bond acceptors (Lipinski definition) is 13. The molecule has 0 bridgehead atoms. The molecule has 2 atom stereocenters. The number of aromatic nitrogens is 10. The molecule has 2 fully saturated rings. The van der Waals surface area contributed by atoms with E-state index in [1.807, 2.05) is 90.5 Å². The van der Waals surface area contributed by atoms with E-state index in [1.165, 1.54) is 50.1 Å². The molecule has 0 saturated carbocycles.